The number of aryl methyl sites for hydroxylation is 2. The lowest BCUT2D eigenvalue weighted by molar-refractivity contribution is -0.127. The zero-order chi connectivity index (χ0) is 22.1. The van der Waals surface area contributed by atoms with Crippen LogP contribution in [-0.4, -0.2) is 39.7 Å². The normalized spacial score (nSPS) is 16.8. The van der Waals surface area contributed by atoms with Crippen LogP contribution in [0.5, 0.6) is 0 Å². The first-order valence-electron chi connectivity index (χ1n) is 10.8. The Morgan fingerprint density at radius 3 is 2.77 bits per heavy atom. The molecule has 1 amide bonds. The molecule has 1 aromatic carbocycles. The first-order chi connectivity index (χ1) is 14.8. The monoisotopic (exact) mass is 455 g/mol. The third-order valence-corrected chi connectivity index (χ3v) is 8.14. The Balaban J connectivity index is 1.77. The molecule has 5 nitrogen and oxygen atoms in total. The van der Waals surface area contributed by atoms with Crippen LogP contribution in [-0.2, 0) is 30.6 Å². The third-order valence-electron chi connectivity index (χ3n) is 5.92. The van der Waals surface area contributed by atoms with Crippen LogP contribution in [0.25, 0.3) is 10.2 Å². The van der Waals surface area contributed by atoms with Gasteiger partial charge in [-0.25, -0.2) is 4.98 Å². The molecule has 3 aromatic rings. The van der Waals surface area contributed by atoms with Gasteiger partial charge >= 0.3 is 0 Å². The van der Waals surface area contributed by atoms with Crippen molar-refractivity contribution in [3.05, 3.63) is 56.7 Å². The van der Waals surface area contributed by atoms with Gasteiger partial charge in [0.2, 0.25) is 5.91 Å². The van der Waals surface area contributed by atoms with Crippen LogP contribution < -0.4 is 5.56 Å². The van der Waals surface area contributed by atoms with Crippen molar-refractivity contribution in [1.29, 1.82) is 0 Å². The molecule has 2 atom stereocenters. The van der Waals surface area contributed by atoms with E-state index >= 15 is 0 Å². The molecule has 0 bridgehead atoms. The minimum Gasteiger partial charge on any atom is -0.348 e. The molecule has 0 radical (unpaired) electrons. The van der Waals surface area contributed by atoms with Crippen molar-refractivity contribution in [2.24, 2.45) is 5.92 Å². The van der Waals surface area contributed by atoms with Gasteiger partial charge in [-0.3, -0.25) is 14.2 Å². The fraction of sp³-hybridized carbons (Fsp3) is 0.458. The number of hydrogen-bond acceptors (Lipinski definition) is 5. The molecule has 2 aromatic heterocycles. The smallest absolute Gasteiger partial charge is 0.263 e. The molecule has 0 N–H and O–H groups in total. The summed E-state index contributed by atoms with van der Waals surface area (Å²) in [6, 6.07) is 10.2. The predicted octanol–water partition coefficient (Wildman–Crippen LogP) is 4.39. The number of aromatic nitrogens is 2. The van der Waals surface area contributed by atoms with E-state index in [4.69, 9.17) is 4.98 Å². The number of carbonyl (C=O) groups is 1. The lowest BCUT2D eigenvalue weighted by Crippen LogP contribution is -2.31. The lowest BCUT2D eigenvalue weighted by atomic mass is 9.89. The van der Waals surface area contributed by atoms with E-state index in [9.17, 15) is 9.59 Å². The average Bonchev–Trinajstić information content (AvgIpc) is 3.10. The highest BCUT2D eigenvalue weighted by atomic mass is 32.2. The summed E-state index contributed by atoms with van der Waals surface area (Å²) < 4.78 is 1.80. The summed E-state index contributed by atoms with van der Waals surface area (Å²) >= 11 is 3.05. The molecular formula is C24H29N3O2S2. The van der Waals surface area contributed by atoms with Gasteiger partial charge in [-0.05, 0) is 49.7 Å². The summed E-state index contributed by atoms with van der Waals surface area (Å²) in [5.74, 6) is 0.667. The highest BCUT2D eigenvalue weighted by Crippen LogP contribution is 2.37. The van der Waals surface area contributed by atoms with E-state index in [2.05, 4.69) is 19.1 Å². The summed E-state index contributed by atoms with van der Waals surface area (Å²) in [4.78, 5) is 34.8. The maximum atomic E-state index is 13.7. The first kappa shape index (κ1) is 22.1. The van der Waals surface area contributed by atoms with Crippen molar-refractivity contribution >= 4 is 39.2 Å². The van der Waals surface area contributed by atoms with E-state index in [1.807, 2.05) is 25.1 Å². The van der Waals surface area contributed by atoms with E-state index < -0.39 is 0 Å². The fourth-order valence-electron chi connectivity index (χ4n) is 4.15. The molecule has 4 rings (SSSR count). The lowest BCUT2D eigenvalue weighted by Gasteiger charge is -2.19. The van der Waals surface area contributed by atoms with E-state index in [0.717, 1.165) is 35.9 Å². The number of fused-ring (bicyclic) bond motifs is 3. The molecule has 0 saturated carbocycles. The van der Waals surface area contributed by atoms with Crippen molar-refractivity contribution in [1.82, 2.24) is 14.5 Å². The first-order valence-corrected chi connectivity index (χ1v) is 12.5. The van der Waals surface area contributed by atoms with Crippen LogP contribution in [0.3, 0.4) is 0 Å². The topological polar surface area (TPSA) is 55.2 Å². The Bertz CT molecular complexity index is 1150. The molecular weight excluding hydrogens is 426 g/mol. The van der Waals surface area contributed by atoms with Gasteiger partial charge in [-0.2, -0.15) is 0 Å². The number of amides is 1. The van der Waals surface area contributed by atoms with Crippen LogP contribution in [0.4, 0.5) is 0 Å². The van der Waals surface area contributed by atoms with E-state index in [1.165, 1.54) is 27.8 Å². The Morgan fingerprint density at radius 1 is 1.32 bits per heavy atom. The van der Waals surface area contributed by atoms with Crippen molar-refractivity contribution in [2.45, 2.75) is 56.5 Å². The highest BCUT2D eigenvalue weighted by Gasteiger charge is 2.26. The molecule has 0 saturated heterocycles. The maximum absolute atomic E-state index is 13.7. The van der Waals surface area contributed by atoms with Crippen molar-refractivity contribution in [2.75, 3.05) is 14.1 Å². The van der Waals surface area contributed by atoms with Crippen molar-refractivity contribution in [3.8, 4) is 0 Å². The zero-order valence-electron chi connectivity index (χ0n) is 18.6. The summed E-state index contributed by atoms with van der Waals surface area (Å²) in [7, 11) is 3.51. The van der Waals surface area contributed by atoms with Crippen LogP contribution in [0.2, 0.25) is 0 Å². The number of rotatable bonds is 6. The average molecular weight is 456 g/mol. The Kier molecular flexibility index (Phi) is 6.53. The highest BCUT2D eigenvalue weighted by molar-refractivity contribution is 8.00. The van der Waals surface area contributed by atoms with Crippen LogP contribution in [0.15, 0.2) is 40.3 Å². The predicted molar refractivity (Wildman–Crippen MR) is 129 cm³/mol. The molecule has 0 spiro atoms. The summed E-state index contributed by atoms with van der Waals surface area (Å²) in [6.07, 6.45) is 3.85. The molecule has 2 heterocycles. The summed E-state index contributed by atoms with van der Waals surface area (Å²) in [6.45, 7) is 4.71. The second kappa shape index (κ2) is 9.17. The molecule has 164 valence electrons. The number of thioether (sulfide) groups is 1. The molecule has 0 aliphatic heterocycles. The molecule has 2 unspecified atom stereocenters. The maximum Gasteiger partial charge on any atom is 0.263 e. The Labute approximate surface area is 191 Å². The number of hydrogen-bond donors (Lipinski definition) is 0. The van der Waals surface area contributed by atoms with Crippen LogP contribution in [0.1, 0.15) is 36.3 Å². The quantitative estimate of drug-likeness (QED) is 0.409. The number of thiophene rings is 1. The van der Waals surface area contributed by atoms with Crippen LogP contribution in [0, 0.1) is 5.92 Å². The molecule has 1 aliphatic rings. The molecule has 31 heavy (non-hydrogen) atoms. The van der Waals surface area contributed by atoms with Crippen molar-refractivity contribution < 1.29 is 4.79 Å². The second-order valence-corrected chi connectivity index (χ2v) is 11.0. The zero-order valence-corrected chi connectivity index (χ0v) is 20.2. The summed E-state index contributed by atoms with van der Waals surface area (Å²) in [5.41, 5.74) is 2.43. The number of carbonyl (C=O) groups excluding carboxylic acids is 1. The van der Waals surface area contributed by atoms with Gasteiger partial charge in [0.25, 0.3) is 5.56 Å². The van der Waals surface area contributed by atoms with E-state index in [0.29, 0.717) is 17.6 Å². The standard InChI is InChI=1S/C24H29N3O2S2/c1-15-10-11-18-19(14-15)31-21-20(18)23(29)27(13-12-17-8-6-5-7-9-17)24(25-21)30-16(2)22(28)26(3)4/h5-9,15-16H,10-14H2,1-4H3. The van der Waals surface area contributed by atoms with Crippen molar-refractivity contribution in [3.63, 3.8) is 0 Å². The third kappa shape index (κ3) is 4.58. The van der Waals surface area contributed by atoms with Gasteiger partial charge in [-0.1, -0.05) is 49.0 Å². The van der Waals surface area contributed by atoms with Gasteiger partial charge in [-0.15, -0.1) is 11.3 Å². The van der Waals surface area contributed by atoms with Gasteiger partial charge in [0.15, 0.2) is 5.16 Å². The van der Waals surface area contributed by atoms with E-state index in [-0.39, 0.29) is 16.7 Å². The molecule has 0 fully saturated rings. The van der Waals surface area contributed by atoms with Gasteiger partial charge in [0.1, 0.15) is 4.83 Å². The van der Waals surface area contributed by atoms with Gasteiger partial charge in [0, 0.05) is 25.5 Å². The van der Waals surface area contributed by atoms with Gasteiger partial charge < -0.3 is 4.90 Å². The molecule has 7 heteroatoms. The molecule has 1 aliphatic carbocycles. The minimum absolute atomic E-state index is 0.0215. The van der Waals surface area contributed by atoms with Crippen LogP contribution >= 0.6 is 23.1 Å². The largest absolute Gasteiger partial charge is 0.348 e. The Morgan fingerprint density at radius 2 is 2.06 bits per heavy atom. The van der Waals surface area contributed by atoms with E-state index in [1.54, 1.807) is 34.9 Å². The Hall–Kier alpha value is -2.12. The fourth-order valence-corrected chi connectivity index (χ4v) is 6.65. The second-order valence-electron chi connectivity index (χ2n) is 8.61. The number of benzene rings is 1. The number of nitrogens with zero attached hydrogens (tertiary/aromatic N) is 3. The van der Waals surface area contributed by atoms with Gasteiger partial charge in [0.05, 0.1) is 10.6 Å². The SMILES string of the molecule is CC1CCc2c(sc3nc(SC(C)C(=O)N(C)C)n(CCc4ccccc4)c(=O)c23)C1. The minimum atomic E-state index is -0.308. The summed E-state index contributed by atoms with van der Waals surface area (Å²) in [5, 5.41) is 1.13.